The second kappa shape index (κ2) is 9.77. The van der Waals surface area contributed by atoms with E-state index >= 15 is 0 Å². The van der Waals surface area contributed by atoms with E-state index in [4.69, 9.17) is 0 Å². The number of thiophene rings is 1. The molecule has 0 aromatic carbocycles. The maximum Gasteiger partial charge on any atom is 0.287 e. The minimum absolute atomic E-state index is 0.217. The first-order valence-corrected chi connectivity index (χ1v) is 8.60. The molecule has 2 N–H and O–H groups in total. The fourth-order valence-corrected chi connectivity index (χ4v) is 2.73. The third-order valence-corrected chi connectivity index (χ3v) is 3.93. The molecule has 0 bridgehead atoms. The smallest absolute Gasteiger partial charge is 0.287 e. The van der Waals surface area contributed by atoms with Gasteiger partial charge in [0.15, 0.2) is 5.78 Å². The van der Waals surface area contributed by atoms with Crippen molar-refractivity contribution in [2.45, 2.75) is 39.7 Å². The van der Waals surface area contributed by atoms with Gasteiger partial charge in [-0.25, -0.2) is 0 Å². The van der Waals surface area contributed by atoms with Crippen molar-refractivity contribution in [2.24, 2.45) is 0 Å². The molecule has 1 unspecified atom stereocenters. The van der Waals surface area contributed by atoms with E-state index in [2.05, 4.69) is 10.6 Å². The lowest BCUT2D eigenvalue weighted by Crippen LogP contribution is -2.42. The highest BCUT2D eigenvalue weighted by Gasteiger charge is 2.22. The first kappa shape index (κ1) is 19.8. The highest BCUT2D eigenvalue weighted by atomic mass is 32.1. The summed E-state index contributed by atoms with van der Waals surface area (Å²) < 4.78 is 0. The number of amides is 2. The van der Waals surface area contributed by atoms with Crippen LogP contribution in [-0.2, 0) is 19.2 Å². The summed E-state index contributed by atoms with van der Waals surface area (Å²) in [6.07, 6.45) is 3.28. The molecule has 0 fully saturated rings. The zero-order valence-corrected chi connectivity index (χ0v) is 14.9. The Morgan fingerprint density at radius 1 is 1.25 bits per heavy atom. The topological polar surface area (TPSA) is 92.3 Å². The molecule has 1 aromatic rings. The normalized spacial score (nSPS) is 12.4. The van der Waals surface area contributed by atoms with Crippen molar-refractivity contribution in [1.82, 2.24) is 10.6 Å². The van der Waals surface area contributed by atoms with Crippen LogP contribution in [0.2, 0.25) is 0 Å². The lowest BCUT2D eigenvalue weighted by Gasteiger charge is -2.16. The molecule has 1 aromatic heterocycles. The van der Waals surface area contributed by atoms with Crippen LogP contribution in [0.3, 0.4) is 0 Å². The van der Waals surface area contributed by atoms with Gasteiger partial charge >= 0.3 is 0 Å². The maximum atomic E-state index is 12.5. The number of allylic oxidation sites excluding steroid dienone is 1. The second-order valence-corrected chi connectivity index (χ2v) is 6.22. The van der Waals surface area contributed by atoms with Crippen molar-refractivity contribution in [1.29, 1.82) is 0 Å². The van der Waals surface area contributed by atoms with Crippen LogP contribution in [0, 0.1) is 0 Å². The van der Waals surface area contributed by atoms with Crippen molar-refractivity contribution >= 4 is 34.7 Å². The fourth-order valence-electron chi connectivity index (χ4n) is 2.05. The van der Waals surface area contributed by atoms with Gasteiger partial charge in [0.05, 0.1) is 6.54 Å². The van der Waals surface area contributed by atoms with Crippen molar-refractivity contribution < 1.29 is 19.2 Å². The van der Waals surface area contributed by atoms with Gasteiger partial charge in [-0.1, -0.05) is 18.9 Å². The molecule has 0 saturated carbocycles. The molecule has 0 spiro atoms. The number of rotatable bonds is 9. The first-order chi connectivity index (χ1) is 11.3. The van der Waals surface area contributed by atoms with Crippen LogP contribution < -0.4 is 10.6 Å². The molecule has 7 heteroatoms. The Morgan fingerprint density at radius 3 is 2.50 bits per heavy atom. The summed E-state index contributed by atoms with van der Waals surface area (Å²) in [6, 6.07) is 0.967. The second-order valence-electron chi connectivity index (χ2n) is 5.44. The number of Topliss-reactive ketones (excluding diaryl/α,β-unsaturated/α-hetero) is 1. The maximum absolute atomic E-state index is 12.5. The van der Waals surface area contributed by atoms with Gasteiger partial charge in [0.2, 0.25) is 11.7 Å². The molecule has 0 aliphatic carbocycles. The summed E-state index contributed by atoms with van der Waals surface area (Å²) in [5.74, 6) is -2.25. The van der Waals surface area contributed by atoms with Gasteiger partial charge in [-0.05, 0) is 41.8 Å². The molecule has 24 heavy (non-hydrogen) atoms. The van der Waals surface area contributed by atoms with E-state index in [0.717, 1.165) is 25.3 Å². The molecular formula is C17H22N2O4S. The molecule has 0 aliphatic rings. The zero-order valence-electron chi connectivity index (χ0n) is 14.0. The molecule has 0 aliphatic heterocycles. The molecule has 1 rings (SSSR count). The van der Waals surface area contributed by atoms with Crippen LogP contribution in [0.25, 0.3) is 0 Å². The summed E-state index contributed by atoms with van der Waals surface area (Å²) in [4.78, 5) is 46.5. The van der Waals surface area contributed by atoms with E-state index in [1.165, 1.54) is 11.3 Å². The average molecular weight is 350 g/mol. The first-order valence-electron chi connectivity index (χ1n) is 7.66. The summed E-state index contributed by atoms with van der Waals surface area (Å²) >= 11 is 1.43. The third kappa shape index (κ3) is 6.45. The summed E-state index contributed by atoms with van der Waals surface area (Å²) in [5.41, 5.74) is 1.64. The SMILES string of the molecule is CCCC(C)=CC(=O)C(NC(=O)CNC(=O)C(C)=O)c1ccsc1. The summed E-state index contributed by atoms with van der Waals surface area (Å²) in [7, 11) is 0. The quantitative estimate of drug-likeness (QED) is 0.526. The number of carbonyl (C=O) groups excluding carboxylic acids is 4. The average Bonchev–Trinajstić information content (AvgIpc) is 3.04. The van der Waals surface area contributed by atoms with Gasteiger partial charge in [0.1, 0.15) is 6.04 Å². The van der Waals surface area contributed by atoms with Crippen LogP contribution in [0.1, 0.15) is 45.2 Å². The Kier molecular flexibility index (Phi) is 8.05. The van der Waals surface area contributed by atoms with Gasteiger partial charge in [0, 0.05) is 6.92 Å². The highest BCUT2D eigenvalue weighted by Crippen LogP contribution is 2.19. The van der Waals surface area contributed by atoms with Crippen molar-refractivity contribution in [3.8, 4) is 0 Å². The number of ketones is 2. The fraction of sp³-hybridized carbons (Fsp3) is 0.412. The monoisotopic (exact) mass is 350 g/mol. The number of nitrogens with one attached hydrogen (secondary N) is 2. The van der Waals surface area contributed by atoms with Gasteiger partial charge < -0.3 is 10.6 Å². The molecule has 1 heterocycles. The lowest BCUT2D eigenvalue weighted by molar-refractivity contribution is -0.137. The minimum atomic E-state index is -0.831. The van der Waals surface area contributed by atoms with Crippen molar-refractivity contribution in [2.75, 3.05) is 6.54 Å². The summed E-state index contributed by atoms with van der Waals surface area (Å²) in [5, 5.41) is 8.43. The van der Waals surface area contributed by atoms with Gasteiger partial charge in [0.25, 0.3) is 5.91 Å². The molecule has 130 valence electrons. The van der Waals surface area contributed by atoms with Crippen LogP contribution >= 0.6 is 11.3 Å². The summed E-state index contributed by atoms with van der Waals surface area (Å²) in [6.45, 7) is 4.66. The van der Waals surface area contributed by atoms with E-state index in [0.29, 0.717) is 5.56 Å². The molecular weight excluding hydrogens is 328 g/mol. The van der Waals surface area contributed by atoms with Crippen LogP contribution in [0.15, 0.2) is 28.5 Å². The highest BCUT2D eigenvalue weighted by molar-refractivity contribution is 7.08. The van der Waals surface area contributed by atoms with Gasteiger partial charge in [-0.15, -0.1) is 0 Å². The van der Waals surface area contributed by atoms with Crippen LogP contribution in [0.5, 0.6) is 0 Å². The van der Waals surface area contributed by atoms with Crippen LogP contribution in [0.4, 0.5) is 0 Å². The van der Waals surface area contributed by atoms with Crippen molar-refractivity contribution in [3.05, 3.63) is 34.0 Å². The van der Waals surface area contributed by atoms with Gasteiger partial charge in [-0.2, -0.15) is 11.3 Å². The Hall–Kier alpha value is -2.28. The number of hydrogen-bond acceptors (Lipinski definition) is 5. The zero-order chi connectivity index (χ0) is 18.1. The predicted octanol–water partition coefficient (Wildman–Crippen LogP) is 1.93. The number of hydrogen-bond donors (Lipinski definition) is 2. The van der Waals surface area contributed by atoms with E-state index in [-0.39, 0.29) is 12.3 Å². The molecule has 1 atom stereocenters. The molecule has 6 nitrogen and oxygen atoms in total. The Morgan fingerprint density at radius 2 is 1.96 bits per heavy atom. The Labute approximate surface area is 145 Å². The molecule has 0 saturated heterocycles. The lowest BCUT2D eigenvalue weighted by atomic mass is 10.0. The van der Waals surface area contributed by atoms with Gasteiger partial charge in [-0.3, -0.25) is 19.2 Å². The molecule has 2 amide bonds. The minimum Gasteiger partial charge on any atom is -0.340 e. The largest absolute Gasteiger partial charge is 0.340 e. The molecule has 0 radical (unpaired) electrons. The van der Waals surface area contributed by atoms with E-state index in [1.54, 1.807) is 17.5 Å². The third-order valence-electron chi connectivity index (χ3n) is 3.23. The van der Waals surface area contributed by atoms with E-state index in [1.807, 2.05) is 19.2 Å². The predicted molar refractivity (Wildman–Crippen MR) is 92.6 cm³/mol. The number of carbonyl (C=O) groups is 4. The van der Waals surface area contributed by atoms with E-state index in [9.17, 15) is 19.2 Å². The van der Waals surface area contributed by atoms with Crippen LogP contribution in [-0.4, -0.2) is 29.9 Å². The Bertz CT molecular complexity index is 635. The van der Waals surface area contributed by atoms with Crippen molar-refractivity contribution in [3.63, 3.8) is 0 Å². The Balaban J connectivity index is 2.79. The van der Waals surface area contributed by atoms with E-state index < -0.39 is 23.6 Å². The standard InChI is InChI=1S/C17H22N2O4S/c1-4-5-11(2)8-14(21)16(13-6-7-24-10-13)19-15(22)9-18-17(23)12(3)20/h6-8,10,16H,4-5,9H2,1-3H3,(H,18,23)(H,19,22).